The molecule has 4 nitrogen and oxygen atoms in total. The number of benzene rings is 1. The first-order chi connectivity index (χ1) is 7.70. The van der Waals surface area contributed by atoms with E-state index in [1.54, 1.807) is 13.0 Å². The molecule has 1 heterocycles. The van der Waals surface area contributed by atoms with Crippen molar-refractivity contribution in [3.05, 3.63) is 35.4 Å². The van der Waals surface area contributed by atoms with Crippen LogP contribution in [0.3, 0.4) is 0 Å². The fourth-order valence-corrected chi connectivity index (χ4v) is 1.46. The minimum absolute atomic E-state index is 0.275. The number of aromatic nitrogens is 2. The Bertz CT molecular complexity index is 496. The summed E-state index contributed by atoms with van der Waals surface area (Å²) in [5.41, 5.74) is 6.90. The highest BCUT2D eigenvalue weighted by Crippen LogP contribution is 2.22. The third kappa shape index (κ3) is 2.09. The van der Waals surface area contributed by atoms with Crippen molar-refractivity contribution in [2.75, 3.05) is 6.54 Å². The van der Waals surface area contributed by atoms with Crippen molar-refractivity contribution in [2.24, 2.45) is 5.73 Å². The van der Waals surface area contributed by atoms with Crippen LogP contribution in [0.1, 0.15) is 11.4 Å². The quantitative estimate of drug-likeness (QED) is 0.856. The van der Waals surface area contributed by atoms with Crippen molar-refractivity contribution in [1.29, 1.82) is 0 Å². The van der Waals surface area contributed by atoms with Crippen molar-refractivity contribution in [3.8, 4) is 11.5 Å². The number of nitrogens with zero attached hydrogens (tertiary/aromatic N) is 2. The second kappa shape index (κ2) is 4.40. The predicted octanol–water partition coefficient (Wildman–Crippen LogP) is 1.69. The molecule has 0 fully saturated rings. The van der Waals surface area contributed by atoms with Gasteiger partial charge in [-0.05, 0) is 37.2 Å². The van der Waals surface area contributed by atoms with E-state index >= 15 is 0 Å². The monoisotopic (exact) mass is 221 g/mol. The van der Waals surface area contributed by atoms with Crippen LogP contribution in [0.4, 0.5) is 4.39 Å². The molecule has 0 aliphatic carbocycles. The molecule has 2 aromatic rings. The van der Waals surface area contributed by atoms with E-state index in [1.807, 2.05) is 0 Å². The van der Waals surface area contributed by atoms with Gasteiger partial charge in [0.1, 0.15) is 5.82 Å². The molecule has 1 aromatic heterocycles. The summed E-state index contributed by atoms with van der Waals surface area (Å²) in [6.07, 6.45) is 0.573. The molecule has 2 rings (SSSR count). The lowest BCUT2D eigenvalue weighted by atomic mass is 10.1. The molecule has 0 radical (unpaired) electrons. The number of halogens is 1. The van der Waals surface area contributed by atoms with Gasteiger partial charge in [-0.3, -0.25) is 0 Å². The summed E-state index contributed by atoms with van der Waals surface area (Å²) in [5, 5.41) is 3.79. The van der Waals surface area contributed by atoms with Gasteiger partial charge >= 0.3 is 0 Å². The van der Waals surface area contributed by atoms with E-state index in [2.05, 4.69) is 10.1 Å². The Morgan fingerprint density at radius 3 is 2.94 bits per heavy atom. The fourth-order valence-electron chi connectivity index (χ4n) is 1.46. The Hall–Kier alpha value is -1.75. The Balaban J connectivity index is 2.35. The average molecular weight is 221 g/mol. The smallest absolute Gasteiger partial charge is 0.258 e. The van der Waals surface area contributed by atoms with Crippen LogP contribution in [0.2, 0.25) is 0 Å². The number of rotatable bonds is 3. The van der Waals surface area contributed by atoms with Crippen molar-refractivity contribution in [3.63, 3.8) is 0 Å². The summed E-state index contributed by atoms with van der Waals surface area (Å²) in [6.45, 7) is 2.27. The summed E-state index contributed by atoms with van der Waals surface area (Å²) in [5.74, 6) is 0.699. The second-order valence-corrected chi connectivity index (χ2v) is 3.51. The molecule has 0 aliphatic heterocycles. The molecule has 84 valence electrons. The number of aryl methyl sites for hydroxylation is 1. The van der Waals surface area contributed by atoms with Crippen molar-refractivity contribution >= 4 is 0 Å². The van der Waals surface area contributed by atoms with Gasteiger partial charge in [0.2, 0.25) is 0 Å². The number of hydrogen-bond donors (Lipinski definition) is 1. The summed E-state index contributed by atoms with van der Waals surface area (Å²) in [4.78, 5) is 4.18. The van der Waals surface area contributed by atoms with Crippen LogP contribution in [-0.2, 0) is 6.42 Å². The molecule has 0 atom stereocenters. The van der Waals surface area contributed by atoms with Gasteiger partial charge in [-0.25, -0.2) is 4.39 Å². The maximum absolute atomic E-state index is 12.9. The summed E-state index contributed by atoms with van der Waals surface area (Å²) < 4.78 is 18.0. The van der Waals surface area contributed by atoms with Crippen molar-refractivity contribution in [1.82, 2.24) is 10.1 Å². The molecular formula is C11H12FN3O. The predicted molar refractivity (Wildman–Crippen MR) is 57.2 cm³/mol. The molecule has 0 spiro atoms. The SMILES string of the molecule is Cc1cc(F)ccc1-c1nc(CCN)no1. The molecule has 0 aliphatic rings. The number of nitrogens with two attached hydrogens (primary N) is 1. The van der Waals surface area contributed by atoms with Gasteiger partial charge < -0.3 is 10.3 Å². The maximum atomic E-state index is 12.9. The van der Waals surface area contributed by atoms with Crippen molar-refractivity contribution in [2.45, 2.75) is 13.3 Å². The second-order valence-electron chi connectivity index (χ2n) is 3.51. The maximum Gasteiger partial charge on any atom is 0.258 e. The van der Waals surface area contributed by atoms with Crippen LogP contribution in [0.25, 0.3) is 11.5 Å². The van der Waals surface area contributed by atoms with Gasteiger partial charge in [-0.15, -0.1) is 0 Å². The Kier molecular flexibility index (Phi) is 2.96. The van der Waals surface area contributed by atoms with E-state index in [9.17, 15) is 4.39 Å². The van der Waals surface area contributed by atoms with E-state index in [0.717, 1.165) is 11.1 Å². The molecule has 2 N–H and O–H groups in total. The average Bonchev–Trinajstić information content (AvgIpc) is 2.67. The van der Waals surface area contributed by atoms with E-state index in [-0.39, 0.29) is 5.82 Å². The number of hydrogen-bond acceptors (Lipinski definition) is 4. The van der Waals surface area contributed by atoms with E-state index in [4.69, 9.17) is 10.3 Å². The lowest BCUT2D eigenvalue weighted by Gasteiger charge is -1.99. The summed E-state index contributed by atoms with van der Waals surface area (Å²) in [7, 11) is 0. The van der Waals surface area contributed by atoms with Crippen molar-refractivity contribution < 1.29 is 8.91 Å². The highest BCUT2D eigenvalue weighted by atomic mass is 19.1. The van der Waals surface area contributed by atoms with Crippen LogP contribution in [0.15, 0.2) is 22.7 Å². The molecule has 0 amide bonds. The van der Waals surface area contributed by atoms with Crippen LogP contribution >= 0.6 is 0 Å². The van der Waals surface area contributed by atoms with Crippen LogP contribution < -0.4 is 5.73 Å². The lowest BCUT2D eigenvalue weighted by Crippen LogP contribution is -2.03. The van der Waals surface area contributed by atoms with E-state index in [1.165, 1.54) is 12.1 Å². The Morgan fingerprint density at radius 1 is 1.44 bits per heavy atom. The molecule has 0 saturated heterocycles. The van der Waals surface area contributed by atoms with Crippen LogP contribution in [0.5, 0.6) is 0 Å². The van der Waals surface area contributed by atoms with Gasteiger partial charge in [-0.1, -0.05) is 5.16 Å². The molecule has 16 heavy (non-hydrogen) atoms. The third-order valence-electron chi connectivity index (χ3n) is 2.25. The molecule has 0 unspecified atom stereocenters. The molecular weight excluding hydrogens is 209 g/mol. The van der Waals surface area contributed by atoms with Gasteiger partial charge in [-0.2, -0.15) is 4.98 Å². The summed E-state index contributed by atoms with van der Waals surface area (Å²) in [6, 6.07) is 4.43. The van der Waals surface area contributed by atoms with Gasteiger partial charge in [0.25, 0.3) is 5.89 Å². The van der Waals surface area contributed by atoms with Gasteiger partial charge in [0, 0.05) is 12.0 Å². The normalized spacial score (nSPS) is 10.7. The first-order valence-corrected chi connectivity index (χ1v) is 5.00. The third-order valence-corrected chi connectivity index (χ3v) is 2.25. The minimum Gasteiger partial charge on any atom is -0.334 e. The zero-order chi connectivity index (χ0) is 11.5. The Labute approximate surface area is 92.3 Å². The Morgan fingerprint density at radius 2 is 2.25 bits per heavy atom. The topological polar surface area (TPSA) is 64.9 Å². The van der Waals surface area contributed by atoms with E-state index < -0.39 is 0 Å². The fraction of sp³-hybridized carbons (Fsp3) is 0.273. The molecule has 1 aromatic carbocycles. The first-order valence-electron chi connectivity index (χ1n) is 5.00. The van der Waals surface area contributed by atoms with Crippen LogP contribution in [0, 0.1) is 12.7 Å². The zero-order valence-electron chi connectivity index (χ0n) is 8.90. The molecule has 0 saturated carbocycles. The minimum atomic E-state index is -0.275. The van der Waals surface area contributed by atoms with Gasteiger partial charge in [0.05, 0.1) is 0 Å². The standard InChI is InChI=1S/C11H12FN3O/c1-7-6-8(12)2-3-9(7)11-14-10(4-5-13)15-16-11/h2-3,6H,4-5,13H2,1H3. The highest BCUT2D eigenvalue weighted by molar-refractivity contribution is 5.57. The lowest BCUT2D eigenvalue weighted by molar-refractivity contribution is 0.422. The highest BCUT2D eigenvalue weighted by Gasteiger charge is 2.10. The summed E-state index contributed by atoms with van der Waals surface area (Å²) >= 11 is 0. The van der Waals surface area contributed by atoms with Gasteiger partial charge in [0.15, 0.2) is 5.82 Å². The van der Waals surface area contributed by atoms with E-state index in [0.29, 0.717) is 24.7 Å². The molecule has 0 bridgehead atoms. The largest absolute Gasteiger partial charge is 0.334 e. The van der Waals surface area contributed by atoms with Crippen LogP contribution in [-0.4, -0.2) is 16.7 Å². The first kappa shape index (κ1) is 10.8. The molecule has 5 heteroatoms. The zero-order valence-corrected chi connectivity index (χ0v) is 8.90.